The fraction of sp³-hybridized carbons (Fsp3) is 0.346. The maximum absolute atomic E-state index is 13.5. The van der Waals surface area contributed by atoms with Crippen LogP contribution in [0.3, 0.4) is 0 Å². The maximum atomic E-state index is 13.5. The molecule has 5 nitrogen and oxygen atoms in total. The smallest absolute Gasteiger partial charge is 0.315 e. The van der Waals surface area contributed by atoms with Gasteiger partial charge in [-0.1, -0.05) is 54.1 Å². The lowest BCUT2D eigenvalue weighted by Gasteiger charge is -2.36. The van der Waals surface area contributed by atoms with Crippen molar-refractivity contribution in [2.24, 2.45) is 10.9 Å². The third-order valence-electron chi connectivity index (χ3n) is 6.17. The number of rotatable bonds is 6. The molecule has 1 aliphatic carbocycles. The first-order chi connectivity index (χ1) is 15.5. The third kappa shape index (κ3) is 4.54. The summed E-state index contributed by atoms with van der Waals surface area (Å²) in [4.78, 5) is 31.3. The van der Waals surface area contributed by atoms with Crippen LogP contribution >= 0.6 is 11.6 Å². The van der Waals surface area contributed by atoms with E-state index in [0.29, 0.717) is 35.8 Å². The topological polar surface area (TPSA) is 65.0 Å². The quantitative estimate of drug-likeness (QED) is 0.452. The lowest BCUT2D eigenvalue weighted by Crippen LogP contribution is -2.38. The van der Waals surface area contributed by atoms with Gasteiger partial charge < -0.3 is 9.47 Å². The molecule has 1 unspecified atom stereocenters. The summed E-state index contributed by atoms with van der Waals surface area (Å²) in [7, 11) is 1.55. The fourth-order valence-corrected chi connectivity index (χ4v) is 4.80. The second-order valence-electron chi connectivity index (χ2n) is 8.22. The number of carbonyl (C=O) groups excluding carboxylic acids is 2. The summed E-state index contributed by atoms with van der Waals surface area (Å²) < 4.78 is 10.5. The molecule has 3 atom stereocenters. The molecule has 1 heterocycles. The van der Waals surface area contributed by atoms with Gasteiger partial charge in [-0.25, -0.2) is 0 Å². The van der Waals surface area contributed by atoms with Crippen molar-refractivity contribution in [3.63, 3.8) is 0 Å². The van der Waals surface area contributed by atoms with Crippen LogP contribution < -0.4 is 0 Å². The van der Waals surface area contributed by atoms with Crippen LogP contribution in [-0.4, -0.2) is 37.8 Å². The van der Waals surface area contributed by atoms with E-state index < -0.39 is 17.8 Å². The predicted molar refractivity (Wildman–Crippen MR) is 124 cm³/mol. The molecule has 0 fully saturated rings. The summed E-state index contributed by atoms with van der Waals surface area (Å²) in [6.07, 6.45) is 1.06. The number of Topliss-reactive ketones (excluding diaryl/α,β-unsaturated/α-hetero) is 1. The summed E-state index contributed by atoms with van der Waals surface area (Å²) in [5, 5.41) is 0.600. The van der Waals surface area contributed by atoms with Crippen LogP contribution in [0.5, 0.6) is 0 Å². The summed E-state index contributed by atoms with van der Waals surface area (Å²) in [5.41, 5.74) is 4.04. The van der Waals surface area contributed by atoms with E-state index in [9.17, 15) is 9.59 Å². The number of ether oxygens (including phenoxy) is 2. The SMILES string of the molecule is COCCOC(=O)C1C(C)=NC2=C(C(=O)C[C@H](c3ccccc3)C2)[C@@H]1c1ccc(Cl)cc1. The Bertz CT molecular complexity index is 1060. The van der Waals surface area contributed by atoms with Crippen LogP contribution in [0.25, 0.3) is 0 Å². The van der Waals surface area contributed by atoms with Crippen LogP contribution in [0.15, 0.2) is 70.9 Å². The Labute approximate surface area is 193 Å². The molecule has 0 aromatic heterocycles. The summed E-state index contributed by atoms with van der Waals surface area (Å²) in [6, 6.07) is 17.4. The van der Waals surface area contributed by atoms with Gasteiger partial charge in [0.1, 0.15) is 12.5 Å². The zero-order valence-electron chi connectivity index (χ0n) is 18.2. The average Bonchev–Trinajstić information content (AvgIpc) is 2.79. The first kappa shape index (κ1) is 22.4. The number of benzene rings is 2. The van der Waals surface area contributed by atoms with Crippen molar-refractivity contribution in [2.45, 2.75) is 31.6 Å². The normalized spacial score (nSPS) is 22.9. The van der Waals surface area contributed by atoms with E-state index in [2.05, 4.69) is 12.1 Å². The molecule has 0 saturated heterocycles. The first-order valence-corrected chi connectivity index (χ1v) is 11.1. The number of aliphatic imine (C=N–C) groups is 1. The van der Waals surface area contributed by atoms with Crippen LogP contribution in [0.1, 0.15) is 42.7 Å². The zero-order chi connectivity index (χ0) is 22.7. The van der Waals surface area contributed by atoms with E-state index in [4.69, 9.17) is 26.1 Å². The molecule has 166 valence electrons. The van der Waals surface area contributed by atoms with Crippen LogP contribution in [-0.2, 0) is 19.1 Å². The van der Waals surface area contributed by atoms with Crippen molar-refractivity contribution in [1.82, 2.24) is 0 Å². The Morgan fingerprint density at radius 1 is 1.03 bits per heavy atom. The first-order valence-electron chi connectivity index (χ1n) is 10.8. The molecule has 6 heteroatoms. The highest BCUT2D eigenvalue weighted by Gasteiger charge is 2.44. The predicted octanol–water partition coefficient (Wildman–Crippen LogP) is 5.10. The lowest BCUT2D eigenvalue weighted by atomic mass is 9.69. The van der Waals surface area contributed by atoms with Gasteiger partial charge in [-0.15, -0.1) is 0 Å². The van der Waals surface area contributed by atoms with Gasteiger partial charge in [-0.2, -0.15) is 0 Å². The third-order valence-corrected chi connectivity index (χ3v) is 6.43. The minimum absolute atomic E-state index is 0.0333. The number of allylic oxidation sites excluding steroid dienone is 2. The van der Waals surface area contributed by atoms with Crippen molar-refractivity contribution >= 4 is 29.1 Å². The van der Waals surface area contributed by atoms with Crippen molar-refractivity contribution in [3.8, 4) is 0 Å². The molecule has 1 aliphatic heterocycles. The van der Waals surface area contributed by atoms with E-state index in [1.54, 1.807) is 19.2 Å². The van der Waals surface area contributed by atoms with Crippen molar-refractivity contribution in [3.05, 3.63) is 82.0 Å². The van der Waals surface area contributed by atoms with Crippen LogP contribution in [0, 0.1) is 5.92 Å². The molecule has 2 aromatic rings. The Kier molecular flexibility index (Phi) is 6.87. The molecule has 0 saturated carbocycles. The highest BCUT2D eigenvalue weighted by atomic mass is 35.5. The molecule has 0 radical (unpaired) electrons. The Morgan fingerprint density at radius 3 is 2.44 bits per heavy atom. The largest absolute Gasteiger partial charge is 0.463 e. The number of hydrogen-bond donors (Lipinski definition) is 0. The number of nitrogens with zero attached hydrogens (tertiary/aromatic N) is 1. The van der Waals surface area contributed by atoms with E-state index >= 15 is 0 Å². The van der Waals surface area contributed by atoms with Gasteiger partial charge in [0.15, 0.2) is 5.78 Å². The second kappa shape index (κ2) is 9.80. The molecule has 2 aliphatic rings. The number of esters is 1. The van der Waals surface area contributed by atoms with Gasteiger partial charge in [0.25, 0.3) is 0 Å². The number of carbonyl (C=O) groups is 2. The molecular formula is C26H26ClNO4. The Balaban J connectivity index is 1.74. The Hall–Kier alpha value is -2.76. The number of hydrogen-bond acceptors (Lipinski definition) is 5. The van der Waals surface area contributed by atoms with Crippen molar-refractivity contribution in [2.75, 3.05) is 20.3 Å². The van der Waals surface area contributed by atoms with E-state index in [0.717, 1.165) is 16.8 Å². The summed E-state index contributed by atoms with van der Waals surface area (Å²) in [6.45, 7) is 2.31. The highest BCUT2D eigenvalue weighted by Crippen LogP contribution is 2.46. The number of ketones is 1. The summed E-state index contributed by atoms with van der Waals surface area (Å²) >= 11 is 6.11. The van der Waals surface area contributed by atoms with Crippen LogP contribution in [0.2, 0.25) is 5.02 Å². The molecule has 0 N–H and O–H groups in total. The lowest BCUT2D eigenvalue weighted by molar-refractivity contribution is -0.147. The standard InChI is InChI=1S/C26H26ClNO4/c1-16-23(26(30)32-13-12-31-2)24(18-8-10-20(27)11-9-18)25-21(28-16)14-19(15-22(25)29)17-6-4-3-5-7-17/h3-11,19,23-24H,12-15H2,1-2H3/t19-,23?,24-/m1/s1. The zero-order valence-corrected chi connectivity index (χ0v) is 19.0. The van der Waals surface area contributed by atoms with E-state index in [-0.39, 0.29) is 18.3 Å². The number of methoxy groups -OCH3 is 1. The summed E-state index contributed by atoms with van der Waals surface area (Å²) in [5.74, 6) is -1.39. The van der Waals surface area contributed by atoms with E-state index in [1.807, 2.05) is 37.3 Å². The second-order valence-corrected chi connectivity index (χ2v) is 8.66. The van der Waals surface area contributed by atoms with Gasteiger partial charge in [0.2, 0.25) is 0 Å². The van der Waals surface area contributed by atoms with E-state index in [1.165, 1.54) is 0 Å². The minimum Gasteiger partial charge on any atom is -0.463 e. The van der Waals surface area contributed by atoms with Gasteiger partial charge in [-0.05, 0) is 42.5 Å². The molecular weight excluding hydrogens is 426 g/mol. The monoisotopic (exact) mass is 451 g/mol. The van der Waals surface area contributed by atoms with Gasteiger partial charge >= 0.3 is 5.97 Å². The molecule has 4 rings (SSSR count). The molecule has 0 amide bonds. The van der Waals surface area contributed by atoms with Gasteiger partial charge in [0.05, 0.1) is 6.61 Å². The minimum atomic E-state index is -0.663. The van der Waals surface area contributed by atoms with Crippen molar-refractivity contribution < 1.29 is 19.1 Å². The Morgan fingerprint density at radius 2 is 1.75 bits per heavy atom. The molecule has 0 bridgehead atoms. The maximum Gasteiger partial charge on any atom is 0.315 e. The van der Waals surface area contributed by atoms with Gasteiger partial charge in [0, 0.05) is 41.5 Å². The molecule has 2 aromatic carbocycles. The fourth-order valence-electron chi connectivity index (χ4n) is 4.67. The van der Waals surface area contributed by atoms with Gasteiger partial charge in [-0.3, -0.25) is 14.6 Å². The molecule has 0 spiro atoms. The van der Waals surface area contributed by atoms with Crippen LogP contribution in [0.4, 0.5) is 0 Å². The highest BCUT2D eigenvalue weighted by molar-refractivity contribution is 6.30. The average molecular weight is 452 g/mol. The number of halogens is 1. The van der Waals surface area contributed by atoms with Crippen molar-refractivity contribution in [1.29, 1.82) is 0 Å². The molecule has 32 heavy (non-hydrogen) atoms.